The Morgan fingerprint density at radius 1 is 1.15 bits per heavy atom. The third-order valence-electron chi connectivity index (χ3n) is 6.35. The zero-order valence-electron chi connectivity index (χ0n) is 22.8. The van der Waals surface area contributed by atoms with Gasteiger partial charge in [-0.25, -0.2) is 0 Å². The van der Waals surface area contributed by atoms with E-state index in [2.05, 4.69) is 11.8 Å². The fourth-order valence-electron chi connectivity index (χ4n) is 4.07. The number of carboxylic acids is 1. The van der Waals surface area contributed by atoms with Gasteiger partial charge in [0.2, 0.25) is 5.76 Å². The van der Waals surface area contributed by atoms with E-state index in [9.17, 15) is 32.7 Å². The van der Waals surface area contributed by atoms with E-state index in [4.69, 9.17) is 44.9 Å². The van der Waals surface area contributed by atoms with E-state index in [0.29, 0.717) is 0 Å². The molecular weight excluding hydrogens is 608 g/mol. The number of rotatable bonds is 9. The van der Waals surface area contributed by atoms with Gasteiger partial charge in [-0.05, 0) is 65.5 Å². The molecular formula is C28H30Cl3F3N2O5. The Balaban J connectivity index is 2.50. The van der Waals surface area contributed by atoms with Crippen molar-refractivity contribution in [1.82, 2.24) is 4.90 Å². The zero-order valence-corrected chi connectivity index (χ0v) is 25.1. The lowest BCUT2D eigenvalue weighted by atomic mass is 9.75. The lowest BCUT2D eigenvalue weighted by Gasteiger charge is -2.35. The molecule has 1 amide bonds. The summed E-state index contributed by atoms with van der Waals surface area (Å²) in [5, 5.41) is 17.0. The van der Waals surface area contributed by atoms with Crippen LogP contribution in [0.15, 0.2) is 23.5 Å². The molecule has 1 aromatic rings. The average molecular weight is 638 g/mol. The minimum atomic E-state index is -5.17. The first-order chi connectivity index (χ1) is 18.8. The summed E-state index contributed by atoms with van der Waals surface area (Å²) in [6.45, 7) is 5.63. The molecule has 41 heavy (non-hydrogen) atoms. The first-order valence-corrected chi connectivity index (χ1v) is 13.6. The van der Waals surface area contributed by atoms with Crippen LogP contribution in [0.1, 0.15) is 63.7 Å². The molecule has 0 bridgehead atoms. The van der Waals surface area contributed by atoms with Crippen LogP contribution in [0.25, 0.3) is 0 Å². The van der Waals surface area contributed by atoms with Crippen LogP contribution in [0.3, 0.4) is 0 Å². The first kappa shape index (κ1) is 34.5. The molecule has 1 saturated carbocycles. The van der Waals surface area contributed by atoms with E-state index < -0.39 is 65.2 Å². The maximum atomic E-state index is 14.2. The van der Waals surface area contributed by atoms with Crippen LogP contribution in [0.4, 0.5) is 13.2 Å². The van der Waals surface area contributed by atoms with Crippen LogP contribution in [0, 0.1) is 28.1 Å². The fourth-order valence-corrected chi connectivity index (χ4v) is 5.09. The standard InChI is InChI=1S/C28H30Cl3F3N2O5/c1-26(2,3)8-5-11-36(15-21(37)22-19(30)12-16(29)13-20(22)31)24(38)18(14-35)23(28(32,33)34)41-17-6-9-27(4,10-7-17)25(39)40/h12-14,17,35H,6-7,9-11,15H2,1-4H3,(H,39,40). The van der Waals surface area contributed by atoms with E-state index >= 15 is 0 Å². The average Bonchev–Trinajstić information content (AvgIpc) is 2.82. The minimum absolute atomic E-state index is 0.00528. The van der Waals surface area contributed by atoms with E-state index in [1.807, 2.05) is 0 Å². The summed E-state index contributed by atoms with van der Waals surface area (Å²) >= 11 is 18.2. The van der Waals surface area contributed by atoms with Gasteiger partial charge < -0.3 is 20.2 Å². The predicted octanol–water partition coefficient (Wildman–Crippen LogP) is 7.22. The van der Waals surface area contributed by atoms with Gasteiger partial charge in [0, 0.05) is 16.7 Å². The van der Waals surface area contributed by atoms with Crippen molar-refractivity contribution in [2.24, 2.45) is 10.8 Å². The summed E-state index contributed by atoms with van der Waals surface area (Å²) in [5.74, 6) is 0.673. The van der Waals surface area contributed by atoms with Gasteiger partial charge in [-0.15, -0.1) is 0 Å². The molecule has 0 atom stereocenters. The van der Waals surface area contributed by atoms with Crippen LogP contribution in [0.5, 0.6) is 0 Å². The van der Waals surface area contributed by atoms with Crippen molar-refractivity contribution in [3.05, 3.63) is 44.1 Å². The van der Waals surface area contributed by atoms with Gasteiger partial charge in [-0.1, -0.05) is 46.6 Å². The molecule has 0 aliphatic heterocycles. The molecule has 1 aliphatic rings. The smallest absolute Gasteiger partial charge is 0.449 e. The van der Waals surface area contributed by atoms with Gasteiger partial charge >= 0.3 is 12.1 Å². The Hall–Kier alpha value is -2.74. The Bertz CT molecular complexity index is 1280. The van der Waals surface area contributed by atoms with Crippen molar-refractivity contribution >= 4 is 58.7 Å². The Kier molecular flexibility index (Phi) is 11.3. The van der Waals surface area contributed by atoms with Crippen molar-refractivity contribution in [2.75, 3.05) is 13.1 Å². The number of hydrogen-bond acceptors (Lipinski definition) is 5. The number of carbonyl (C=O) groups excluding carboxylic acids is 2. The van der Waals surface area contributed by atoms with E-state index in [1.54, 1.807) is 20.8 Å². The summed E-state index contributed by atoms with van der Waals surface area (Å²) in [4.78, 5) is 38.9. The molecule has 0 heterocycles. The number of nitrogens with zero attached hydrogens (tertiary/aromatic N) is 1. The van der Waals surface area contributed by atoms with Gasteiger partial charge in [0.1, 0.15) is 5.57 Å². The second kappa shape index (κ2) is 13.5. The maximum Gasteiger partial charge on any atom is 0.449 e. The van der Waals surface area contributed by atoms with Gasteiger partial charge in [-0.2, -0.15) is 13.2 Å². The monoisotopic (exact) mass is 636 g/mol. The number of carbonyl (C=O) groups is 3. The van der Waals surface area contributed by atoms with Crippen LogP contribution in [-0.2, 0) is 14.3 Å². The van der Waals surface area contributed by atoms with Crippen LogP contribution < -0.4 is 0 Å². The number of ketones is 1. The highest BCUT2D eigenvalue weighted by atomic mass is 35.5. The summed E-state index contributed by atoms with van der Waals surface area (Å²) in [5.41, 5.74) is -2.94. The van der Waals surface area contributed by atoms with Gasteiger partial charge in [-0.3, -0.25) is 14.4 Å². The number of carboxylic acid groups (broad SMARTS) is 1. The maximum absolute atomic E-state index is 14.2. The molecule has 0 spiro atoms. The van der Waals surface area contributed by atoms with E-state index in [0.717, 1.165) is 4.90 Å². The molecule has 13 heteroatoms. The van der Waals surface area contributed by atoms with Gasteiger partial charge in [0.25, 0.3) is 5.91 Å². The molecule has 7 nitrogen and oxygen atoms in total. The second-order valence-electron chi connectivity index (χ2n) is 10.9. The number of amides is 1. The lowest BCUT2D eigenvalue weighted by molar-refractivity contribution is -0.157. The number of ether oxygens (including phenoxy) is 1. The van der Waals surface area contributed by atoms with Crippen LogP contribution >= 0.6 is 34.8 Å². The molecule has 1 fully saturated rings. The molecule has 0 unspecified atom stereocenters. The number of hydrogen-bond donors (Lipinski definition) is 2. The summed E-state index contributed by atoms with van der Waals surface area (Å²) in [6, 6.07) is 2.51. The number of nitrogens with one attached hydrogen (secondary N) is 1. The molecule has 2 N–H and O–H groups in total. The molecule has 1 aromatic carbocycles. The van der Waals surface area contributed by atoms with Crippen molar-refractivity contribution in [1.29, 1.82) is 5.41 Å². The fraction of sp³-hybridized carbons (Fsp3) is 0.500. The number of aliphatic carboxylic acids is 1. The topological polar surface area (TPSA) is 108 Å². The predicted molar refractivity (Wildman–Crippen MR) is 151 cm³/mol. The number of Topliss-reactive ketones (excluding diaryl/α,β-unsaturated/α-hetero) is 1. The first-order valence-electron chi connectivity index (χ1n) is 12.5. The van der Waals surface area contributed by atoms with Crippen molar-refractivity contribution in [2.45, 2.75) is 65.7 Å². The lowest BCUT2D eigenvalue weighted by Crippen LogP contribution is -2.40. The van der Waals surface area contributed by atoms with Crippen molar-refractivity contribution in [3.8, 4) is 11.8 Å². The third kappa shape index (κ3) is 9.38. The zero-order chi connectivity index (χ0) is 31.3. The number of alkyl halides is 3. The highest BCUT2D eigenvalue weighted by molar-refractivity contribution is 6.42. The van der Waals surface area contributed by atoms with Gasteiger partial charge in [0.15, 0.2) is 5.78 Å². The molecule has 0 saturated heterocycles. The summed E-state index contributed by atoms with van der Waals surface area (Å²) < 4.78 is 47.8. The number of halogens is 6. The van der Waals surface area contributed by atoms with E-state index in [1.165, 1.54) is 19.1 Å². The number of benzene rings is 1. The SMILES string of the molecule is CC(C)(C)C#CCN(CC(=O)c1c(Cl)cc(Cl)cc1Cl)C(=O)C(C=N)=C(OC1CCC(C)(C(=O)O)CC1)C(F)(F)F. The number of allylic oxidation sites excluding steroid dienone is 1. The summed E-state index contributed by atoms with van der Waals surface area (Å²) in [7, 11) is 0. The van der Waals surface area contributed by atoms with Crippen LogP contribution in [-0.4, -0.2) is 59.3 Å². The quantitative estimate of drug-likeness (QED) is 0.0977. The minimum Gasteiger partial charge on any atom is -0.485 e. The molecule has 0 radical (unpaired) electrons. The largest absolute Gasteiger partial charge is 0.485 e. The normalized spacial score (nSPS) is 19.8. The van der Waals surface area contributed by atoms with Crippen molar-refractivity contribution in [3.63, 3.8) is 0 Å². The summed E-state index contributed by atoms with van der Waals surface area (Å²) in [6.07, 6.45) is -5.87. The second-order valence-corrected chi connectivity index (χ2v) is 12.2. The highest BCUT2D eigenvalue weighted by Crippen LogP contribution is 2.40. The third-order valence-corrected chi connectivity index (χ3v) is 7.17. The Labute approximate surface area is 251 Å². The Morgan fingerprint density at radius 2 is 1.68 bits per heavy atom. The molecule has 0 aromatic heterocycles. The molecule has 2 rings (SSSR count). The van der Waals surface area contributed by atoms with Crippen molar-refractivity contribution < 1.29 is 37.4 Å². The highest BCUT2D eigenvalue weighted by Gasteiger charge is 2.44. The van der Waals surface area contributed by atoms with Gasteiger partial charge in [0.05, 0.1) is 40.2 Å². The van der Waals surface area contributed by atoms with E-state index in [-0.39, 0.29) is 52.5 Å². The Morgan fingerprint density at radius 3 is 2.12 bits per heavy atom. The van der Waals surface area contributed by atoms with Crippen LogP contribution in [0.2, 0.25) is 15.1 Å². The molecule has 1 aliphatic carbocycles. The molecule has 224 valence electrons.